The molecule has 4 nitrogen and oxygen atoms in total. The van der Waals surface area contributed by atoms with Crippen LogP contribution in [0.4, 0.5) is 5.82 Å². The van der Waals surface area contributed by atoms with Crippen molar-refractivity contribution in [1.29, 1.82) is 0 Å². The average molecular weight is 297 g/mol. The minimum atomic E-state index is 0.562. The van der Waals surface area contributed by atoms with E-state index in [1.54, 1.807) is 0 Å². The van der Waals surface area contributed by atoms with E-state index in [1.807, 2.05) is 13.8 Å². The summed E-state index contributed by atoms with van der Waals surface area (Å²) < 4.78 is 0. The van der Waals surface area contributed by atoms with Crippen LogP contribution in [-0.4, -0.2) is 41.0 Å². The molecular weight excluding hydrogens is 272 g/mol. The van der Waals surface area contributed by atoms with Crippen LogP contribution in [0.1, 0.15) is 38.1 Å². The number of hydrogen-bond acceptors (Lipinski definition) is 4. The number of anilines is 1. The zero-order valence-corrected chi connectivity index (χ0v) is 13.5. The fourth-order valence-corrected chi connectivity index (χ4v) is 2.79. The third kappa shape index (κ3) is 4.06. The second-order valence-electron chi connectivity index (χ2n) is 5.75. The molecule has 1 unspecified atom stereocenters. The van der Waals surface area contributed by atoms with E-state index in [0.717, 1.165) is 36.7 Å². The van der Waals surface area contributed by atoms with E-state index < -0.39 is 0 Å². The maximum atomic E-state index is 6.15. The van der Waals surface area contributed by atoms with E-state index in [1.165, 1.54) is 25.9 Å². The summed E-state index contributed by atoms with van der Waals surface area (Å²) >= 11 is 6.15. The van der Waals surface area contributed by atoms with Crippen molar-refractivity contribution in [1.82, 2.24) is 14.9 Å². The van der Waals surface area contributed by atoms with Gasteiger partial charge in [0.15, 0.2) is 0 Å². The van der Waals surface area contributed by atoms with Gasteiger partial charge in [-0.2, -0.15) is 0 Å². The summed E-state index contributed by atoms with van der Waals surface area (Å²) in [6, 6.07) is 0. The standard InChI is InChI=1S/C15H25ClN4/c1-4-13-18-14(16)12(3)15(19-13)17-9-11(2)10-20-7-5-6-8-20/h11H,4-10H2,1-3H3,(H,17,18,19). The molecular formula is C15H25ClN4. The van der Waals surface area contributed by atoms with E-state index in [4.69, 9.17) is 11.6 Å². The van der Waals surface area contributed by atoms with Crippen molar-refractivity contribution in [3.05, 3.63) is 16.5 Å². The predicted molar refractivity (Wildman–Crippen MR) is 84.5 cm³/mol. The van der Waals surface area contributed by atoms with Crippen molar-refractivity contribution in [2.45, 2.75) is 40.0 Å². The zero-order valence-electron chi connectivity index (χ0n) is 12.7. The Balaban J connectivity index is 1.90. The van der Waals surface area contributed by atoms with Gasteiger partial charge in [-0.1, -0.05) is 25.4 Å². The summed E-state index contributed by atoms with van der Waals surface area (Å²) in [4.78, 5) is 11.3. The first kappa shape index (κ1) is 15.5. The van der Waals surface area contributed by atoms with Crippen LogP contribution in [0.5, 0.6) is 0 Å². The molecule has 0 aliphatic carbocycles. The molecule has 1 saturated heterocycles. The summed E-state index contributed by atoms with van der Waals surface area (Å²) in [5, 5.41) is 4.00. The molecule has 0 bridgehead atoms. The van der Waals surface area contributed by atoms with E-state index in [9.17, 15) is 0 Å². The Bertz CT molecular complexity index is 444. The highest BCUT2D eigenvalue weighted by molar-refractivity contribution is 6.30. The van der Waals surface area contributed by atoms with E-state index in [0.29, 0.717) is 11.1 Å². The van der Waals surface area contributed by atoms with Crippen molar-refractivity contribution < 1.29 is 0 Å². The Morgan fingerprint density at radius 1 is 1.30 bits per heavy atom. The molecule has 1 N–H and O–H groups in total. The number of halogens is 1. The van der Waals surface area contributed by atoms with Gasteiger partial charge < -0.3 is 10.2 Å². The minimum Gasteiger partial charge on any atom is -0.369 e. The Morgan fingerprint density at radius 3 is 2.65 bits per heavy atom. The highest BCUT2D eigenvalue weighted by atomic mass is 35.5. The topological polar surface area (TPSA) is 41.1 Å². The molecule has 1 aromatic rings. The van der Waals surface area contributed by atoms with Crippen molar-refractivity contribution in [3.8, 4) is 0 Å². The molecule has 20 heavy (non-hydrogen) atoms. The molecule has 1 aliphatic heterocycles. The van der Waals surface area contributed by atoms with Crippen LogP contribution in [0.15, 0.2) is 0 Å². The third-order valence-corrected chi connectivity index (χ3v) is 4.20. The Kier molecular flexibility index (Phi) is 5.61. The van der Waals surface area contributed by atoms with Gasteiger partial charge in [0.1, 0.15) is 16.8 Å². The zero-order chi connectivity index (χ0) is 14.5. The molecule has 112 valence electrons. The largest absolute Gasteiger partial charge is 0.369 e. The van der Waals surface area contributed by atoms with Gasteiger partial charge in [-0.05, 0) is 38.8 Å². The summed E-state index contributed by atoms with van der Waals surface area (Å²) in [6.45, 7) is 10.9. The maximum Gasteiger partial charge on any atom is 0.137 e. The maximum absolute atomic E-state index is 6.15. The van der Waals surface area contributed by atoms with Crippen LogP contribution in [0, 0.1) is 12.8 Å². The fraction of sp³-hybridized carbons (Fsp3) is 0.733. The van der Waals surface area contributed by atoms with Gasteiger partial charge in [0.2, 0.25) is 0 Å². The quantitative estimate of drug-likeness (QED) is 0.819. The molecule has 1 fully saturated rings. The summed E-state index contributed by atoms with van der Waals surface area (Å²) in [5.74, 6) is 2.29. The first-order valence-corrected chi connectivity index (χ1v) is 7.97. The molecule has 0 spiro atoms. The van der Waals surface area contributed by atoms with Crippen LogP contribution >= 0.6 is 11.6 Å². The smallest absolute Gasteiger partial charge is 0.137 e. The lowest BCUT2D eigenvalue weighted by Gasteiger charge is -2.21. The molecule has 0 aromatic carbocycles. The summed E-state index contributed by atoms with van der Waals surface area (Å²) in [6.07, 6.45) is 3.50. The summed E-state index contributed by atoms with van der Waals surface area (Å²) in [5.41, 5.74) is 0.942. The van der Waals surface area contributed by atoms with Gasteiger partial charge in [0, 0.05) is 25.1 Å². The number of aromatic nitrogens is 2. The number of aryl methyl sites for hydroxylation is 1. The molecule has 0 amide bonds. The van der Waals surface area contributed by atoms with E-state index in [-0.39, 0.29) is 0 Å². The number of nitrogens with zero attached hydrogens (tertiary/aromatic N) is 3. The van der Waals surface area contributed by atoms with Gasteiger partial charge in [0.05, 0.1) is 0 Å². The molecule has 1 aromatic heterocycles. The average Bonchev–Trinajstić information content (AvgIpc) is 2.93. The number of rotatable bonds is 6. The Morgan fingerprint density at radius 2 is 2.00 bits per heavy atom. The Hall–Kier alpha value is -0.870. The third-order valence-electron chi connectivity index (χ3n) is 3.84. The van der Waals surface area contributed by atoms with Crippen LogP contribution < -0.4 is 5.32 Å². The number of hydrogen-bond donors (Lipinski definition) is 1. The van der Waals surface area contributed by atoms with Gasteiger partial charge in [-0.3, -0.25) is 0 Å². The van der Waals surface area contributed by atoms with Gasteiger partial charge >= 0.3 is 0 Å². The lowest BCUT2D eigenvalue weighted by atomic mass is 10.1. The lowest BCUT2D eigenvalue weighted by Crippen LogP contribution is -2.29. The van der Waals surface area contributed by atoms with Gasteiger partial charge in [-0.15, -0.1) is 0 Å². The van der Waals surface area contributed by atoms with Crippen molar-refractivity contribution in [2.75, 3.05) is 31.5 Å². The van der Waals surface area contributed by atoms with Crippen molar-refractivity contribution in [3.63, 3.8) is 0 Å². The molecule has 0 radical (unpaired) electrons. The van der Waals surface area contributed by atoms with Crippen molar-refractivity contribution in [2.24, 2.45) is 5.92 Å². The highest BCUT2D eigenvalue weighted by Crippen LogP contribution is 2.20. The first-order valence-electron chi connectivity index (χ1n) is 7.59. The molecule has 1 atom stereocenters. The second-order valence-corrected chi connectivity index (χ2v) is 6.11. The van der Waals surface area contributed by atoms with Gasteiger partial charge in [-0.25, -0.2) is 9.97 Å². The molecule has 0 saturated carbocycles. The number of likely N-dealkylation sites (tertiary alicyclic amines) is 1. The van der Waals surface area contributed by atoms with Gasteiger partial charge in [0.25, 0.3) is 0 Å². The SMILES string of the molecule is CCc1nc(Cl)c(C)c(NCC(C)CN2CCCC2)n1. The number of nitrogens with one attached hydrogen (secondary N) is 1. The predicted octanol–water partition coefficient (Wildman–Crippen LogP) is 3.14. The summed E-state index contributed by atoms with van der Waals surface area (Å²) in [7, 11) is 0. The lowest BCUT2D eigenvalue weighted by molar-refractivity contribution is 0.294. The van der Waals surface area contributed by atoms with E-state index in [2.05, 4.69) is 27.1 Å². The highest BCUT2D eigenvalue weighted by Gasteiger charge is 2.15. The first-order chi connectivity index (χ1) is 9.60. The Labute approximate surface area is 126 Å². The van der Waals surface area contributed by atoms with Crippen molar-refractivity contribution >= 4 is 17.4 Å². The monoisotopic (exact) mass is 296 g/mol. The van der Waals surface area contributed by atoms with Crippen LogP contribution in [0.25, 0.3) is 0 Å². The molecule has 2 rings (SSSR count). The van der Waals surface area contributed by atoms with Crippen LogP contribution in [0.2, 0.25) is 5.15 Å². The second kappa shape index (κ2) is 7.23. The molecule has 5 heteroatoms. The van der Waals surface area contributed by atoms with Crippen LogP contribution in [0.3, 0.4) is 0 Å². The van der Waals surface area contributed by atoms with Crippen LogP contribution in [-0.2, 0) is 6.42 Å². The minimum absolute atomic E-state index is 0.562. The molecule has 1 aliphatic rings. The fourth-order valence-electron chi connectivity index (χ4n) is 2.60. The molecule has 2 heterocycles. The van der Waals surface area contributed by atoms with E-state index >= 15 is 0 Å². The normalized spacial score (nSPS) is 17.4.